The number of carbonyl (C=O) groups excluding carboxylic acids is 1. The number of hydrogen-bond acceptors (Lipinski definition) is 4. The number of benzene rings is 1. The number of carbonyl (C=O) groups is 1. The molecule has 3 N–H and O–H groups in total. The molecule has 0 unspecified atom stereocenters. The summed E-state index contributed by atoms with van der Waals surface area (Å²) in [5.41, 5.74) is 8.33. The van der Waals surface area contributed by atoms with Gasteiger partial charge in [-0.2, -0.15) is 5.10 Å². The maximum atomic E-state index is 10.8. The summed E-state index contributed by atoms with van der Waals surface area (Å²) in [5, 5.41) is 7.31. The predicted octanol–water partition coefficient (Wildman–Crippen LogP) is 1.05. The van der Waals surface area contributed by atoms with Crippen LogP contribution in [0.25, 0.3) is 0 Å². The number of nitrogens with two attached hydrogens (primary N) is 1. The average Bonchev–Trinajstić information content (AvgIpc) is 2.83. The maximum absolute atomic E-state index is 10.8. The minimum atomic E-state index is -0.404. The van der Waals surface area contributed by atoms with Crippen molar-refractivity contribution in [2.24, 2.45) is 5.73 Å². The zero-order valence-corrected chi connectivity index (χ0v) is 11.7. The molecule has 2 rings (SSSR count). The third-order valence-corrected chi connectivity index (χ3v) is 2.90. The summed E-state index contributed by atoms with van der Waals surface area (Å²) in [4.78, 5) is 12.8. The van der Waals surface area contributed by atoms with E-state index in [1.807, 2.05) is 14.1 Å². The predicted molar refractivity (Wildman–Crippen MR) is 79.5 cm³/mol. The highest BCUT2D eigenvalue weighted by Gasteiger charge is 2.01. The smallest absolute Gasteiger partial charge is 0.239 e. The van der Waals surface area contributed by atoms with Gasteiger partial charge in [0.2, 0.25) is 5.91 Å². The normalized spacial score (nSPS) is 10.3. The van der Waals surface area contributed by atoms with Crippen molar-refractivity contribution in [3.05, 3.63) is 42.2 Å². The molecule has 6 nitrogen and oxygen atoms in total. The SMILES string of the molecule is CN(C)c1ccc(CNc2cnn(CC(N)=O)c2)cc1. The van der Waals surface area contributed by atoms with Crippen molar-refractivity contribution >= 4 is 17.3 Å². The zero-order chi connectivity index (χ0) is 14.5. The fourth-order valence-corrected chi connectivity index (χ4v) is 1.82. The molecule has 0 spiro atoms. The van der Waals surface area contributed by atoms with Crippen LogP contribution in [0.3, 0.4) is 0 Å². The van der Waals surface area contributed by atoms with Crippen molar-refractivity contribution in [1.82, 2.24) is 9.78 Å². The quantitative estimate of drug-likeness (QED) is 0.824. The number of primary amides is 1. The van der Waals surface area contributed by atoms with Gasteiger partial charge in [0.05, 0.1) is 11.9 Å². The number of amides is 1. The van der Waals surface area contributed by atoms with Crippen molar-refractivity contribution in [3.63, 3.8) is 0 Å². The number of nitrogens with one attached hydrogen (secondary N) is 1. The number of hydrogen-bond donors (Lipinski definition) is 2. The molecular weight excluding hydrogens is 254 g/mol. The van der Waals surface area contributed by atoms with E-state index in [0.29, 0.717) is 6.54 Å². The van der Waals surface area contributed by atoms with Crippen LogP contribution in [0, 0.1) is 0 Å². The second-order valence-electron chi connectivity index (χ2n) is 4.81. The third kappa shape index (κ3) is 3.74. The molecule has 2 aromatic rings. The van der Waals surface area contributed by atoms with Crippen LogP contribution in [-0.2, 0) is 17.9 Å². The van der Waals surface area contributed by atoms with Crippen LogP contribution >= 0.6 is 0 Å². The van der Waals surface area contributed by atoms with E-state index in [1.54, 1.807) is 12.4 Å². The Balaban J connectivity index is 1.91. The number of rotatable bonds is 6. The molecule has 0 fully saturated rings. The Bertz CT molecular complexity index is 574. The lowest BCUT2D eigenvalue weighted by Gasteiger charge is -2.12. The summed E-state index contributed by atoms with van der Waals surface area (Å²) >= 11 is 0. The van der Waals surface area contributed by atoms with Gasteiger partial charge in [-0.3, -0.25) is 9.48 Å². The van der Waals surface area contributed by atoms with Crippen molar-refractivity contribution < 1.29 is 4.79 Å². The summed E-state index contributed by atoms with van der Waals surface area (Å²) in [7, 11) is 4.03. The second-order valence-corrected chi connectivity index (χ2v) is 4.81. The Morgan fingerprint density at radius 3 is 2.65 bits per heavy atom. The van der Waals surface area contributed by atoms with Gasteiger partial charge in [0, 0.05) is 32.5 Å². The third-order valence-electron chi connectivity index (χ3n) is 2.90. The van der Waals surface area contributed by atoms with Gasteiger partial charge in [0.1, 0.15) is 6.54 Å². The largest absolute Gasteiger partial charge is 0.378 e. The Hall–Kier alpha value is -2.50. The molecule has 6 heteroatoms. The molecule has 1 amide bonds. The fourth-order valence-electron chi connectivity index (χ4n) is 1.82. The van der Waals surface area contributed by atoms with Gasteiger partial charge in [0.25, 0.3) is 0 Å². The molecule has 0 saturated carbocycles. The topological polar surface area (TPSA) is 76.2 Å². The average molecular weight is 273 g/mol. The van der Waals surface area contributed by atoms with E-state index >= 15 is 0 Å². The molecule has 20 heavy (non-hydrogen) atoms. The van der Waals surface area contributed by atoms with E-state index in [2.05, 4.69) is 39.6 Å². The molecule has 0 bridgehead atoms. The minimum Gasteiger partial charge on any atom is -0.378 e. The van der Waals surface area contributed by atoms with Crippen molar-refractivity contribution in [2.45, 2.75) is 13.1 Å². The summed E-state index contributed by atoms with van der Waals surface area (Å²) < 4.78 is 1.51. The van der Waals surface area contributed by atoms with E-state index < -0.39 is 5.91 Å². The highest BCUT2D eigenvalue weighted by molar-refractivity contribution is 5.73. The summed E-state index contributed by atoms with van der Waals surface area (Å²) in [5.74, 6) is -0.404. The second kappa shape index (κ2) is 6.10. The Morgan fingerprint density at radius 2 is 2.05 bits per heavy atom. The highest BCUT2D eigenvalue weighted by Crippen LogP contribution is 2.13. The first-order chi connectivity index (χ1) is 9.54. The highest BCUT2D eigenvalue weighted by atomic mass is 16.1. The molecular formula is C14H19N5O. The van der Waals surface area contributed by atoms with E-state index in [0.717, 1.165) is 5.69 Å². The molecule has 0 saturated heterocycles. The molecule has 1 aromatic carbocycles. The minimum absolute atomic E-state index is 0.0964. The van der Waals surface area contributed by atoms with Gasteiger partial charge in [-0.15, -0.1) is 0 Å². The Morgan fingerprint density at radius 1 is 1.35 bits per heavy atom. The molecule has 1 heterocycles. The number of aromatic nitrogens is 2. The van der Waals surface area contributed by atoms with Crippen molar-refractivity contribution in [2.75, 3.05) is 24.3 Å². The van der Waals surface area contributed by atoms with E-state index in [9.17, 15) is 4.79 Å². The van der Waals surface area contributed by atoms with Crippen molar-refractivity contribution in [1.29, 1.82) is 0 Å². The molecule has 1 aromatic heterocycles. The first-order valence-electron chi connectivity index (χ1n) is 6.35. The van der Waals surface area contributed by atoms with Crippen LogP contribution in [-0.4, -0.2) is 29.8 Å². The standard InChI is InChI=1S/C14H19N5O/c1-18(2)13-5-3-11(4-6-13)7-16-12-8-17-19(9-12)10-14(15)20/h3-6,8-9,16H,7,10H2,1-2H3,(H2,15,20). The number of anilines is 2. The lowest BCUT2D eigenvalue weighted by Crippen LogP contribution is -2.18. The zero-order valence-electron chi connectivity index (χ0n) is 11.7. The van der Waals surface area contributed by atoms with Gasteiger partial charge in [-0.25, -0.2) is 0 Å². The van der Waals surface area contributed by atoms with Gasteiger partial charge in [-0.05, 0) is 17.7 Å². The van der Waals surface area contributed by atoms with Crippen LogP contribution in [0.2, 0.25) is 0 Å². The molecule has 106 valence electrons. The van der Waals surface area contributed by atoms with Crippen LogP contribution < -0.4 is 16.0 Å². The van der Waals surface area contributed by atoms with Crippen LogP contribution in [0.5, 0.6) is 0 Å². The number of nitrogens with zero attached hydrogens (tertiary/aromatic N) is 3. The van der Waals surface area contributed by atoms with Crippen molar-refractivity contribution in [3.8, 4) is 0 Å². The Kier molecular flexibility index (Phi) is 4.24. The summed E-state index contributed by atoms with van der Waals surface area (Å²) in [6.07, 6.45) is 3.44. The first kappa shape index (κ1) is 13.9. The van der Waals surface area contributed by atoms with Crippen LogP contribution in [0.1, 0.15) is 5.56 Å². The first-order valence-corrected chi connectivity index (χ1v) is 6.35. The molecule has 0 atom stereocenters. The lowest BCUT2D eigenvalue weighted by atomic mass is 10.2. The van der Waals surface area contributed by atoms with Gasteiger partial charge >= 0.3 is 0 Å². The van der Waals surface area contributed by atoms with Crippen LogP contribution in [0.15, 0.2) is 36.7 Å². The maximum Gasteiger partial charge on any atom is 0.239 e. The molecule has 0 aliphatic heterocycles. The molecule has 0 aliphatic rings. The monoisotopic (exact) mass is 273 g/mol. The summed E-state index contributed by atoms with van der Waals surface area (Å²) in [6, 6.07) is 8.31. The van der Waals surface area contributed by atoms with E-state index in [4.69, 9.17) is 5.73 Å². The van der Waals surface area contributed by atoms with Gasteiger partial charge < -0.3 is 16.0 Å². The van der Waals surface area contributed by atoms with E-state index in [1.165, 1.54) is 15.9 Å². The molecule has 0 aliphatic carbocycles. The molecule has 0 radical (unpaired) electrons. The van der Waals surface area contributed by atoms with E-state index in [-0.39, 0.29) is 6.54 Å². The Labute approximate surface area is 118 Å². The fraction of sp³-hybridized carbons (Fsp3) is 0.286. The van der Waals surface area contributed by atoms with Crippen LogP contribution in [0.4, 0.5) is 11.4 Å². The lowest BCUT2D eigenvalue weighted by molar-refractivity contribution is -0.118. The van der Waals surface area contributed by atoms with Gasteiger partial charge in [0.15, 0.2) is 0 Å². The van der Waals surface area contributed by atoms with Gasteiger partial charge in [-0.1, -0.05) is 12.1 Å². The summed E-state index contributed by atoms with van der Waals surface area (Å²) in [6.45, 7) is 0.801.